The van der Waals surface area contributed by atoms with Crippen molar-refractivity contribution in [2.75, 3.05) is 5.43 Å². The summed E-state index contributed by atoms with van der Waals surface area (Å²) in [5, 5.41) is 4.01. The first-order valence-corrected chi connectivity index (χ1v) is 4.36. The topological polar surface area (TPSA) is 37.3 Å². The van der Waals surface area contributed by atoms with Crippen LogP contribution in [-0.4, -0.2) is 10.7 Å². The molecular formula is C8H10BrN3. The van der Waals surface area contributed by atoms with Gasteiger partial charge in [0.05, 0.1) is 0 Å². The van der Waals surface area contributed by atoms with Gasteiger partial charge in [0.1, 0.15) is 5.82 Å². The Hall–Kier alpha value is -0.900. The van der Waals surface area contributed by atoms with Crippen molar-refractivity contribution in [3.63, 3.8) is 0 Å². The summed E-state index contributed by atoms with van der Waals surface area (Å²) in [7, 11) is 0. The Kier molecular flexibility index (Phi) is 3.22. The number of hydrogen-bond donors (Lipinski definition) is 1. The second-order valence-corrected chi connectivity index (χ2v) is 3.45. The highest BCUT2D eigenvalue weighted by Gasteiger charge is 1.90. The minimum absolute atomic E-state index is 0.749. The van der Waals surface area contributed by atoms with Crippen LogP contribution in [0.5, 0.6) is 0 Å². The van der Waals surface area contributed by atoms with Gasteiger partial charge in [-0.3, -0.25) is 5.43 Å². The lowest BCUT2D eigenvalue weighted by molar-refractivity contribution is 1.21. The number of rotatable bonds is 2. The number of nitrogens with one attached hydrogen (secondary N) is 1. The van der Waals surface area contributed by atoms with E-state index in [1.54, 1.807) is 6.20 Å². The highest BCUT2D eigenvalue weighted by Crippen LogP contribution is 2.10. The molecule has 1 rings (SSSR count). The van der Waals surface area contributed by atoms with Gasteiger partial charge in [-0.15, -0.1) is 0 Å². The third kappa shape index (κ3) is 3.00. The van der Waals surface area contributed by atoms with E-state index in [0.717, 1.165) is 16.0 Å². The predicted molar refractivity (Wildman–Crippen MR) is 54.3 cm³/mol. The van der Waals surface area contributed by atoms with Crippen molar-refractivity contribution in [3.05, 3.63) is 22.8 Å². The summed E-state index contributed by atoms with van der Waals surface area (Å²) in [5.41, 5.74) is 3.80. The van der Waals surface area contributed by atoms with Crippen molar-refractivity contribution >= 4 is 27.5 Å². The first-order valence-electron chi connectivity index (χ1n) is 3.57. The molecule has 0 amide bonds. The van der Waals surface area contributed by atoms with Crippen LogP contribution in [0.1, 0.15) is 13.8 Å². The van der Waals surface area contributed by atoms with Crippen LogP contribution in [0, 0.1) is 0 Å². The Balaban J connectivity index is 2.65. The zero-order valence-electron chi connectivity index (χ0n) is 7.00. The second-order valence-electron chi connectivity index (χ2n) is 2.53. The number of hydrazone groups is 1. The van der Waals surface area contributed by atoms with Gasteiger partial charge in [-0.1, -0.05) is 0 Å². The van der Waals surface area contributed by atoms with Crippen LogP contribution in [0.4, 0.5) is 5.82 Å². The van der Waals surface area contributed by atoms with Crippen LogP contribution >= 0.6 is 15.9 Å². The van der Waals surface area contributed by atoms with Crippen molar-refractivity contribution in [1.82, 2.24) is 4.98 Å². The Labute approximate surface area is 80.0 Å². The second kappa shape index (κ2) is 4.21. The fourth-order valence-corrected chi connectivity index (χ4v) is 0.846. The zero-order valence-corrected chi connectivity index (χ0v) is 8.59. The average Bonchev–Trinajstić information content (AvgIpc) is 2.03. The monoisotopic (exact) mass is 227 g/mol. The highest BCUT2D eigenvalue weighted by atomic mass is 79.9. The van der Waals surface area contributed by atoms with Crippen molar-refractivity contribution in [2.45, 2.75) is 13.8 Å². The maximum atomic E-state index is 4.09. The molecule has 0 aliphatic heterocycles. The Morgan fingerprint density at radius 1 is 1.50 bits per heavy atom. The van der Waals surface area contributed by atoms with Crippen LogP contribution in [0.2, 0.25) is 0 Å². The minimum Gasteiger partial charge on any atom is -0.261 e. The summed E-state index contributed by atoms with van der Waals surface area (Å²) in [5.74, 6) is 0.749. The standard InChI is InChI=1S/C8H10BrN3/c1-6(2)11-12-8-4-3-7(9)5-10-8/h3-5H,1-2H3,(H,10,12). The molecule has 0 unspecified atom stereocenters. The van der Waals surface area contributed by atoms with E-state index < -0.39 is 0 Å². The summed E-state index contributed by atoms with van der Waals surface area (Å²) in [6, 6.07) is 3.77. The van der Waals surface area contributed by atoms with Crippen LogP contribution in [0.15, 0.2) is 27.9 Å². The molecule has 1 N–H and O–H groups in total. The lowest BCUT2D eigenvalue weighted by atomic mass is 10.5. The van der Waals surface area contributed by atoms with E-state index in [9.17, 15) is 0 Å². The Morgan fingerprint density at radius 2 is 2.25 bits per heavy atom. The van der Waals surface area contributed by atoms with Crippen LogP contribution in [0.25, 0.3) is 0 Å². The van der Waals surface area contributed by atoms with Crippen molar-refractivity contribution < 1.29 is 0 Å². The minimum atomic E-state index is 0.749. The number of pyridine rings is 1. The van der Waals surface area contributed by atoms with Gasteiger partial charge in [-0.25, -0.2) is 4.98 Å². The van der Waals surface area contributed by atoms with Crippen LogP contribution in [0.3, 0.4) is 0 Å². The summed E-state index contributed by atoms with van der Waals surface area (Å²) < 4.78 is 0.963. The lowest BCUT2D eigenvalue weighted by Crippen LogP contribution is -1.94. The third-order valence-electron chi connectivity index (χ3n) is 1.12. The predicted octanol–water partition coefficient (Wildman–Crippen LogP) is 2.65. The molecule has 0 bridgehead atoms. The largest absolute Gasteiger partial charge is 0.261 e. The molecule has 0 aromatic carbocycles. The van der Waals surface area contributed by atoms with E-state index in [1.807, 2.05) is 26.0 Å². The summed E-state index contributed by atoms with van der Waals surface area (Å²) >= 11 is 3.30. The van der Waals surface area contributed by atoms with Crippen molar-refractivity contribution in [3.8, 4) is 0 Å². The van der Waals surface area contributed by atoms with E-state index >= 15 is 0 Å². The van der Waals surface area contributed by atoms with Crippen molar-refractivity contribution in [1.29, 1.82) is 0 Å². The molecule has 0 fully saturated rings. The molecule has 12 heavy (non-hydrogen) atoms. The summed E-state index contributed by atoms with van der Waals surface area (Å²) in [6.45, 7) is 3.84. The van der Waals surface area contributed by atoms with Gasteiger partial charge in [-0.2, -0.15) is 5.10 Å². The fraction of sp³-hybridized carbons (Fsp3) is 0.250. The quantitative estimate of drug-likeness (QED) is 0.624. The Bertz CT molecular complexity index is 275. The average molecular weight is 228 g/mol. The number of halogens is 1. The van der Waals surface area contributed by atoms with E-state index in [2.05, 4.69) is 31.4 Å². The molecule has 0 radical (unpaired) electrons. The van der Waals surface area contributed by atoms with Gasteiger partial charge >= 0.3 is 0 Å². The van der Waals surface area contributed by atoms with Gasteiger partial charge < -0.3 is 0 Å². The summed E-state index contributed by atoms with van der Waals surface area (Å²) in [6.07, 6.45) is 1.73. The number of anilines is 1. The molecule has 64 valence electrons. The fourth-order valence-electron chi connectivity index (χ4n) is 0.611. The van der Waals surface area contributed by atoms with Gasteiger partial charge in [0, 0.05) is 16.4 Å². The van der Waals surface area contributed by atoms with E-state index in [4.69, 9.17) is 0 Å². The van der Waals surface area contributed by atoms with Gasteiger partial charge in [0.2, 0.25) is 0 Å². The molecule has 0 saturated carbocycles. The SMILES string of the molecule is CC(C)=NNc1ccc(Br)cn1. The van der Waals surface area contributed by atoms with Gasteiger partial charge in [-0.05, 0) is 41.9 Å². The Morgan fingerprint density at radius 3 is 2.75 bits per heavy atom. The van der Waals surface area contributed by atoms with E-state index in [1.165, 1.54) is 0 Å². The van der Waals surface area contributed by atoms with E-state index in [-0.39, 0.29) is 0 Å². The number of nitrogens with zero attached hydrogens (tertiary/aromatic N) is 2. The van der Waals surface area contributed by atoms with E-state index in [0.29, 0.717) is 0 Å². The van der Waals surface area contributed by atoms with Gasteiger partial charge in [0.15, 0.2) is 0 Å². The molecular weight excluding hydrogens is 218 g/mol. The molecule has 4 heteroatoms. The first kappa shape index (κ1) is 9.19. The van der Waals surface area contributed by atoms with Gasteiger partial charge in [0.25, 0.3) is 0 Å². The molecule has 0 aliphatic carbocycles. The smallest absolute Gasteiger partial charge is 0.146 e. The normalized spacial score (nSPS) is 9.25. The lowest BCUT2D eigenvalue weighted by Gasteiger charge is -1.98. The molecule has 1 heterocycles. The van der Waals surface area contributed by atoms with Crippen molar-refractivity contribution in [2.24, 2.45) is 5.10 Å². The molecule has 0 atom stereocenters. The molecule has 0 aliphatic rings. The zero-order chi connectivity index (χ0) is 8.97. The molecule has 0 spiro atoms. The first-order chi connectivity index (χ1) is 5.68. The molecule has 1 aromatic heterocycles. The molecule has 3 nitrogen and oxygen atoms in total. The van der Waals surface area contributed by atoms with Crippen LogP contribution in [-0.2, 0) is 0 Å². The number of hydrogen-bond acceptors (Lipinski definition) is 3. The highest BCUT2D eigenvalue weighted by molar-refractivity contribution is 9.10. The molecule has 0 saturated heterocycles. The third-order valence-corrected chi connectivity index (χ3v) is 1.59. The number of aromatic nitrogens is 1. The molecule has 1 aromatic rings. The maximum absolute atomic E-state index is 4.09. The van der Waals surface area contributed by atoms with Crippen LogP contribution < -0.4 is 5.43 Å². The maximum Gasteiger partial charge on any atom is 0.146 e. The summed E-state index contributed by atoms with van der Waals surface area (Å²) in [4.78, 5) is 4.09.